The van der Waals surface area contributed by atoms with E-state index < -0.39 is 0 Å². The number of carbonyl (C=O) groups is 1. The van der Waals surface area contributed by atoms with Crippen molar-refractivity contribution in [1.82, 2.24) is 20.0 Å². The number of amides is 1. The number of benzene rings is 1. The maximum atomic E-state index is 12.5. The molecule has 2 aliphatic rings. The van der Waals surface area contributed by atoms with Gasteiger partial charge in [0.1, 0.15) is 0 Å². The normalized spacial score (nSPS) is 20.6. The molecule has 0 aliphatic carbocycles. The second kappa shape index (κ2) is 9.26. The lowest BCUT2D eigenvalue weighted by Crippen LogP contribution is -2.50. The van der Waals surface area contributed by atoms with Gasteiger partial charge in [-0.25, -0.2) is 0 Å². The molecule has 7 nitrogen and oxygen atoms in total. The summed E-state index contributed by atoms with van der Waals surface area (Å²) in [6, 6.07) is 7.20. The Morgan fingerprint density at radius 2 is 1.96 bits per heavy atom. The number of hydrogen-bond donors (Lipinski definition) is 0. The molecule has 2 aliphatic heterocycles. The summed E-state index contributed by atoms with van der Waals surface area (Å²) in [4.78, 5) is 16.8. The van der Waals surface area contributed by atoms with Crippen molar-refractivity contribution in [3.63, 3.8) is 0 Å². The van der Waals surface area contributed by atoms with E-state index in [0.717, 1.165) is 57.7 Å². The number of carbonyl (C=O) groups excluding carboxylic acids is 1. The summed E-state index contributed by atoms with van der Waals surface area (Å²) < 4.78 is 11.3. The number of aromatic nitrogens is 2. The molecule has 0 bridgehead atoms. The van der Waals surface area contributed by atoms with E-state index in [0.29, 0.717) is 28.0 Å². The molecule has 3 heterocycles. The largest absolute Gasteiger partial charge is 0.411 e. The smallest absolute Gasteiger partial charge is 0.277 e. The van der Waals surface area contributed by atoms with E-state index in [1.807, 2.05) is 17.0 Å². The summed E-state index contributed by atoms with van der Waals surface area (Å²) in [6.45, 7) is 5.18. The van der Waals surface area contributed by atoms with Crippen molar-refractivity contribution in [3.8, 4) is 11.5 Å². The average Bonchev–Trinajstić information content (AvgIpc) is 3.39. The van der Waals surface area contributed by atoms with E-state index in [1.165, 1.54) is 11.8 Å². The van der Waals surface area contributed by atoms with Crippen molar-refractivity contribution >= 4 is 29.3 Å². The quantitative estimate of drug-likeness (QED) is 0.663. The van der Waals surface area contributed by atoms with Gasteiger partial charge in [-0.2, -0.15) is 0 Å². The Morgan fingerprint density at radius 1 is 1.18 bits per heavy atom. The fraction of sp³-hybridized carbons (Fsp3) is 0.526. The molecule has 0 spiro atoms. The molecule has 150 valence electrons. The molecule has 1 aromatic carbocycles. The van der Waals surface area contributed by atoms with Crippen molar-refractivity contribution in [2.24, 2.45) is 0 Å². The van der Waals surface area contributed by atoms with Crippen molar-refractivity contribution in [3.05, 3.63) is 29.3 Å². The van der Waals surface area contributed by atoms with Crippen LogP contribution in [0, 0.1) is 0 Å². The first-order valence-electron chi connectivity index (χ1n) is 9.51. The Morgan fingerprint density at radius 3 is 2.68 bits per heavy atom. The molecular weight excluding hydrogens is 400 g/mol. The first-order valence-corrected chi connectivity index (χ1v) is 10.9. The van der Waals surface area contributed by atoms with Gasteiger partial charge < -0.3 is 14.1 Å². The second-order valence-electron chi connectivity index (χ2n) is 6.99. The Hall–Kier alpha value is -1.61. The van der Waals surface area contributed by atoms with Gasteiger partial charge in [0.15, 0.2) is 0 Å². The van der Waals surface area contributed by atoms with Crippen LogP contribution in [0.15, 0.2) is 33.9 Å². The Labute approximate surface area is 173 Å². The van der Waals surface area contributed by atoms with Crippen molar-refractivity contribution < 1.29 is 13.9 Å². The highest BCUT2D eigenvalue weighted by molar-refractivity contribution is 7.99. The highest BCUT2D eigenvalue weighted by Gasteiger charge is 2.25. The van der Waals surface area contributed by atoms with E-state index in [4.69, 9.17) is 20.8 Å². The van der Waals surface area contributed by atoms with Gasteiger partial charge in [-0.3, -0.25) is 9.69 Å². The zero-order valence-electron chi connectivity index (χ0n) is 15.6. The lowest BCUT2D eigenvalue weighted by molar-refractivity contribution is -0.130. The van der Waals surface area contributed by atoms with Crippen LogP contribution in [0.4, 0.5) is 0 Å². The molecule has 9 heteroatoms. The maximum Gasteiger partial charge on any atom is 0.277 e. The summed E-state index contributed by atoms with van der Waals surface area (Å²) in [7, 11) is 0. The molecule has 0 saturated carbocycles. The van der Waals surface area contributed by atoms with Gasteiger partial charge in [-0.15, -0.1) is 10.2 Å². The zero-order chi connectivity index (χ0) is 19.3. The molecule has 1 amide bonds. The maximum absolute atomic E-state index is 12.5. The van der Waals surface area contributed by atoms with Gasteiger partial charge >= 0.3 is 0 Å². The lowest BCUT2D eigenvalue weighted by Gasteiger charge is -2.35. The lowest BCUT2D eigenvalue weighted by atomic mass is 10.2. The first kappa shape index (κ1) is 19.7. The third-order valence-electron chi connectivity index (χ3n) is 5.03. The highest BCUT2D eigenvalue weighted by Crippen LogP contribution is 2.24. The minimum absolute atomic E-state index is 0.105. The summed E-state index contributed by atoms with van der Waals surface area (Å²) in [5.41, 5.74) is 0.803. The predicted octanol–water partition coefficient (Wildman–Crippen LogP) is 2.81. The number of ether oxygens (including phenoxy) is 1. The van der Waals surface area contributed by atoms with Crippen LogP contribution in [0.1, 0.15) is 12.8 Å². The third kappa shape index (κ3) is 5.05. The SMILES string of the molecule is O=C(CSc1nnc(-c2ccc(Cl)cc2)o1)N1CCN(CC2CCCO2)CC1. The summed E-state index contributed by atoms with van der Waals surface area (Å²) in [5, 5.41) is 9.11. The van der Waals surface area contributed by atoms with Crippen LogP contribution in [0.3, 0.4) is 0 Å². The van der Waals surface area contributed by atoms with Crippen LogP contribution in [-0.2, 0) is 9.53 Å². The Balaban J connectivity index is 1.22. The number of halogens is 1. The Kier molecular flexibility index (Phi) is 6.51. The zero-order valence-corrected chi connectivity index (χ0v) is 17.1. The second-order valence-corrected chi connectivity index (χ2v) is 8.35. The highest BCUT2D eigenvalue weighted by atomic mass is 35.5. The molecule has 0 radical (unpaired) electrons. The van der Waals surface area contributed by atoms with Crippen LogP contribution < -0.4 is 0 Å². The van der Waals surface area contributed by atoms with Gasteiger partial charge in [-0.1, -0.05) is 23.4 Å². The van der Waals surface area contributed by atoms with Crippen molar-refractivity contribution in [2.75, 3.05) is 45.1 Å². The summed E-state index contributed by atoms with van der Waals surface area (Å²) >= 11 is 7.17. The molecular formula is C19H23ClN4O3S. The minimum atomic E-state index is 0.105. The van der Waals surface area contributed by atoms with Crippen LogP contribution in [0.2, 0.25) is 5.02 Å². The van der Waals surface area contributed by atoms with E-state index in [9.17, 15) is 4.79 Å². The molecule has 1 unspecified atom stereocenters. The van der Waals surface area contributed by atoms with Crippen LogP contribution in [0.25, 0.3) is 11.5 Å². The third-order valence-corrected chi connectivity index (χ3v) is 6.08. The van der Waals surface area contributed by atoms with E-state index >= 15 is 0 Å². The predicted molar refractivity (Wildman–Crippen MR) is 107 cm³/mol. The summed E-state index contributed by atoms with van der Waals surface area (Å²) in [5.74, 6) is 0.830. The number of thioether (sulfide) groups is 1. The summed E-state index contributed by atoms with van der Waals surface area (Å²) in [6.07, 6.45) is 2.68. The molecule has 0 N–H and O–H groups in total. The molecule has 2 saturated heterocycles. The van der Waals surface area contributed by atoms with E-state index in [-0.39, 0.29) is 5.91 Å². The standard InChI is InChI=1S/C19H23ClN4O3S/c20-15-5-3-14(4-6-15)18-21-22-19(27-18)28-13-17(25)24-9-7-23(8-10-24)12-16-2-1-11-26-16/h3-6,16H,1-2,7-13H2. The van der Waals surface area contributed by atoms with Gasteiger partial charge in [-0.05, 0) is 37.1 Å². The fourth-order valence-electron chi connectivity index (χ4n) is 3.45. The average molecular weight is 423 g/mol. The van der Waals surface area contributed by atoms with Gasteiger partial charge in [0.05, 0.1) is 11.9 Å². The van der Waals surface area contributed by atoms with E-state index in [2.05, 4.69) is 15.1 Å². The van der Waals surface area contributed by atoms with Gasteiger partial charge in [0, 0.05) is 49.9 Å². The molecule has 4 rings (SSSR count). The van der Waals surface area contributed by atoms with Crippen molar-refractivity contribution in [2.45, 2.75) is 24.2 Å². The Bertz CT molecular complexity index is 787. The number of piperazine rings is 1. The monoisotopic (exact) mass is 422 g/mol. The fourth-order valence-corrected chi connectivity index (χ4v) is 4.24. The topological polar surface area (TPSA) is 71.7 Å². The van der Waals surface area contributed by atoms with Crippen LogP contribution in [0.5, 0.6) is 0 Å². The minimum Gasteiger partial charge on any atom is -0.411 e. The van der Waals surface area contributed by atoms with E-state index in [1.54, 1.807) is 12.1 Å². The molecule has 1 aromatic heterocycles. The number of hydrogen-bond acceptors (Lipinski definition) is 7. The number of nitrogens with zero attached hydrogens (tertiary/aromatic N) is 4. The molecule has 2 fully saturated rings. The van der Waals surface area contributed by atoms with Crippen LogP contribution in [-0.4, -0.2) is 77.1 Å². The molecule has 28 heavy (non-hydrogen) atoms. The molecule has 1 atom stereocenters. The number of rotatable bonds is 6. The van der Waals surface area contributed by atoms with Gasteiger partial charge in [0.25, 0.3) is 5.22 Å². The van der Waals surface area contributed by atoms with Crippen molar-refractivity contribution in [1.29, 1.82) is 0 Å². The first-order chi connectivity index (χ1) is 13.7. The van der Waals surface area contributed by atoms with Crippen LogP contribution >= 0.6 is 23.4 Å². The van der Waals surface area contributed by atoms with Gasteiger partial charge in [0.2, 0.25) is 11.8 Å². The molecule has 2 aromatic rings.